The minimum absolute atomic E-state index is 0.309. The Kier molecular flexibility index (Phi) is 3.81. The van der Waals surface area contributed by atoms with Crippen molar-refractivity contribution in [3.05, 3.63) is 52.7 Å². The van der Waals surface area contributed by atoms with Crippen molar-refractivity contribution >= 4 is 23.1 Å². The summed E-state index contributed by atoms with van der Waals surface area (Å²) in [6.07, 6.45) is 0.974. The predicted octanol–water partition coefficient (Wildman–Crippen LogP) is 3.91. The zero-order chi connectivity index (χ0) is 13.0. The first-order valence-electron chi connectivity index (χ1n) is 5.65. The number of pyridine rings is 1. The molecule has 0 saturated carbocycles. The number of nitrogens with one attached hydrogen (secondary N) is 1. The van der Waals surface area contributed by atoms with E-state index in [1.165, 1.54) is 11.6 Å². The molecular formula is C14H12ClN3. The number of benzene rings is 1. The maximum absolute atomic E-state index is 8.87. The number of halogens is 1. The highest BCUT2D eigenvalue weighted by atomic mass is 35.5. The van der Waals surface area contributed by atoms with Gasteiger partial charge in [0.1, 0.15) is 11.0 Å². The molecule has 1 heterocycles. The van der Waals surface area contributed by atoms with E-state index in [-0.39, 0.29) is 0 Å². The summed E-state index contributed by atoms with van der Waals surface area (Å²) in [4.78, 5) is 4.14. The van der Waals surface area contributed by atoms with Gasteiger partial charge in [-0.2, -0.15) is 5.26 Å². The highest BCUT2D eigenvalue weighted by Gasteiger charge is 2.02. The van der Waals surface area contributed by atoms with E-state index in [0.29, 0.717) is 16.5 Å². The third-order valence-corrected chi connectivity index (χ3v) is 2.72. The fraction of sp³-hybridized carbons (Fsp3) is 0.143. The minimum Gasteiger partial charge on any atom is -0.340 e. The van der Waals surface area contributed by atoms with Gasteiger partial charge >= 0.3 is 0 Å². The molecule has 0 amide bonds. The predicted molar refractivity (Wildman–Crippen MR) is 73.1 cm³/mol. The first-order chi connectivity index (χ1) is 8.71. The number of nitriles is 1. The SMILES string of the molecule is CCc1cccc(Nc2cc(C#N)cc(Cl)n2)c1. The fourth-order valence-electron chi connectivity index (χ4n) is 1.64. The first kappa shape index (κ1) is 12.4. The van der Waals surface area contributed by atoms with Crippen molar-refractivity contribution < 1.29 is 0 Å². The van der Waals surface area contributed by atoms with Crippen LogP contribution in [0, 0.1) is 11.3 Å². The Morgan fingerprint density at radius 3 is 2.89 bits per heavy atom. The van der Waals surface area contributed by atoms with Crippen LogP contribution in [-0.4, -0.2) is 4.98 Å². The number of rotatable bonds is 3. The van der Waals surface area contributed by atoms with E-state index >= 15 is 0 Å². The summed E-state index contributed by atoms with van der Waals surface area (Å²) in [6.45, 7) is 2.10. The Morgan fingerprint density at radius 2 is 2.17 bits per heavy atom. The molecule has 4 heteroatoms. The molecule has 1 aromatic carbocycles. The van der Waals surface area contributed by atoms with Crippen molar-refractivity contribution in [3.8, 4) is 6.07 Å². The Hall–Kier alpha value is -2.05. The summed E-state index contributed by atoms with van der Waals surface area (Å²) in [5, 5.41) is 12.3. The average molecular weight is 258 g/mol. The Balaban J connectivity index is 2.28. The number of aryl methyl sites for hydroxylation is 1. The maximum Gasteiger partial charge on any atom is 0.133 e. The molecule has 0 bridgehead atoms. The molecule has 2 rings (SSSR count). The first-order valence-corrected chi connectivity index (χ1v) is 6.02. The molecule has 0 saturated heterocycles. The van der Waals surface area contributed by atoms with E-state index in [4.69, 9.17) is 16.9 Å². The molecule has 0 atom stereocenters. The van der Waals surface area contributed by atoms with Crippen LogP contribution in [0.2, 0.25) is 5.15 Å². The molecule has 0 aliphatic heterocycles. The molecule has 0 spiro atoms. The Morgan fingerprint density at radius 1 is 1.33 bits per heavy atom. The van der Waals surface area contributed by atoms with Gasteiger partial charge in [0.15, 0.2) is 0 Å². The van der Waals surface area contributed by atoms with Gasteiger partial charge in [-0.1, -0.05) is 30.7 Å². The fourth-order valence-corrected chi connectivity index (χ4v) is 1.85. The zero-order valence-electron chi connectivity index (χ0n) is 9.94. The van der Waals surface area contributed by atoms with E-state index in [1.807, 2.05) is 12.1 Å². The van der Waals surface area contributed by atoms with E-state index < -0.39 is 0 Å². The summed E-state index contributed by atoms with van der Waals surface area (Å²) < 4.78 is 0. The summed E-state index contributed by atoms with van der Waals surface area (Å²) in [7, 11) is 0. The minimum atomic E-state index is 0.309. The lowest BCUT2D eigenvalue weighted by atomic mass is 10.1. The highest BCUT2D eigenvalue weighted by Crippen LogP contribution is 2.19. The van der Waals surface area contributed by atoms with Crippen molar-refractivity contribution in [2.24, 2.45) is 0 Å². The second-order valence-corrected chi connectivity index (χ2v) is 4.24. The molecule has 1 aromatic heterocycles. The van der Waals surface area contributed by atoms with Crippen LogP contribution in [0.15, 0.2) is 36.4 Å². The largest absolute Gasteiger partial charge is 0.340 e. The van der Waals surface area contributed by atoms with Crippen molar-refractivity contribution in [1.82, 2.24) is 4.98 Å². The monoisotopic (exact) mass is 257 g/mol. The standard InChI is InChI=1S/C14H12ClN3/c1-2-10-4-3-5-12(6-10)17-14-8-11(9-16)7-13(15)18-14/h3-8H,2H2,1H3,(H,17,18). The molecule has 90 valence electrons. The molecule has 18 heavy (non-hydrogen) atoms. The van der Waals surface area contributed by atoms with Gasteiger partial charge in [0.2, 0.25) is 0 Å². The zero-order valence-corrected chi connectivity index (χ0v) is 10.7. The molecule has 0 aliphatic carbocycles. The van der Waals surface area contributed by atoms with Crippen molar-refractivity contribution in [1.29, 1.82) is 5.26 Å². The highest BCUT2D eigenvalue weighted by molar-refractivity contribution is 6.29. The average Bonchev–Trinajstić information content (AvgIpc) is 2.38. The number of hydrogen-bond acceptors (Lipinski definition) is 3. The van der Waals surface area contributed by atoms with Gasteiger partial charge in [-0.25, -0.2) is 4.98 Å². The van der Waals surface area contributed by atoms with Crippen molar-refractivity contribution in [2.75, 3.05) is 5.32 Å². The maximum atomic E-state index is 8.87. The van der Waals surface area contributed by atoms with Gasteiger partial charge in [0, 0.05) is 5.69 Å². The Labute approximate surface area is 111 Å². The summed E-state index contributed by atoms with van der Waals surface area (Å²) >= 11 is 5.85. The lowest BCUT2D eigenvalue weighted by molar-refractivity contribution is 1.14. The van der Waals surface area contributed by atoms with Gasteiger partial charge in [-0.15, -0.1) is 0 Å². The second kappa shape index (κ2) is 5.52. The van der Waals surface area contributed by atoms with Crippen molar-refractivity contribution in [3.63, 3.8) is 0 Å². The molecule has 2 aromatic rings. The number of anilines is 2. The molecular weight excluding hydrogens is 246 g/mol. The van der Waals surface area contributed by atoms with Crippen LogP contribution in [-0.2, 0) is 6.42 Å². The smallest absolute Gasteiger partial charge is 0.133 e. The Bertz CT molecular complexity index is 602. The van der Waals surface area contributed by atoms with E-state index in [9.17, 15) is 0 Å². The van der Waals surface area contributed by atoms with Crippen LogP contribution in [0.25, 0.3) is 0 Å². The molecule has 0 fully saturated rings. The van der Waals surface area contributed by atoms with Crippen LogP contribution in [0.4, 0.5) is 11.5 Å². The normalized spacial score (nSPS) is 9.83. The molecule has 3 nitrogen and oxygen atoms in total. The third-order valence-electron chi connectivity index (χ3n) is 2.53. The molecule has 1 N–H and O–H groups in total. The van der Waals surface area contributed by atoms with Crippen molar-refractivity contribution in [2.45, 2.75) is 13.3 Å². The summed E-state index contributed by atoms with van der Waals surface area (Å²) in [6, 6.07) is 13.3. The number of aromatic nitrogens is 1. The van der Waals surface area contributed by atoms with Gasteiger partial charge in [0.25, 0.3) is 0 Å². The summed E-state index contributed by atoms with van der Waals surface area (Å²) in [5.41, 5.74) is 2.67. The third kappa shape index (κ3) is 2.99. The van der Waals surface area contributed by atoms with Gasteiger partial charge in [-0.05, 0) is 36.2 Å². The van der Waals surface area contributed by atoms with Crippen LogP contribution in [0.3, 0.4) is 0 Å². The lowest BCUT2D eigenvalue weighted by Crippen LogP contribution is -1.95. The topological polar surface area (TPSA) is 48.7 Å². The quantitative estimate of drug-likeness (QED) is 0.848. The van der Waals surface area contributed by atoms with E-state index in [1.54, 1.807) is 6.07 Å². The molecule has 0 aliphatic rings. The molecule has 0 radical (unpaired) electrons. The van der Waals surface area contributed by atoms with Crippen LogP contribution >= 0.6 is 11.6 Å². The van der Waals surface area contributed by atoms with Crippen LogP contribution in [0.1, 0.15) is 18.1 Å². The summed E-state index contributed by atoms with van der Waals surface area (Å²) in [5.74, 6) is 0.576. The van der Waals surface area contributed by atoms with E-state index in [0.717, 1.165) is 12.1 Å². The molecule has 0 unspecified atom stereocenters. The van der Waals surface area contributed by atoms with Crippen LogP contribution in [0.5, 0.6) is 0 Å². The lowest BCUT2D eigenvalue weighted by Gasteiger charge is -2.07. The van der Waals surface area contributed by atoms with Gasteiger partial charge < -0.3 is 5.32 Å². The number of nitrogens with zero attached hydrogens (tertiary/aromatic N) is 2. The van der Waals surface area contributed by atoms with Gasteiger partial charge in [0.05, 0.1) is 11.6 Å². The van der Waals surface area contributed by atoms with Gasteiger partial charge in [-0.3, -0.25) is 0 Å². The second-order valence-electron chi connectivity index (χ2n) is 3.85. The van der Waals surface area contributed by atoms with E-state index in [2.05, 4.69) is 35.4 Å². The van der Waals surface area contributed by atoms with Crippen LogP contribution < -0.4 is 5.32 Å². The number of hydrogen-bond donors (Lipinski definition) is 1.